The standard InChI is InChI=1S/C18H16ClN3O3/c1-20(2)22-17(24)15(16(23)18(22)25)21-9-7-13(8-10-21)11-12-3-5-14(19)6-4-12/h3-10H,11H2,1-2H3. The average molecular weight is 358 g/mol. The minimum atomic E-state index is -0.845. The lowest BCUT2D eigenvalue weighted by atomic mass is 10.1. The van der Waals surface area contributed by atoms with Gasteiger partial charge >= 0.3 is 5.91 Å². The van der Waals surface area contributed by atoms with Gasteiger partial charge in [0.15, 0.2) is 12.4 Å². The molecule has 0 radical (unpaired) electrons. The quantitative estimate of drug-likeness (QED) is 0.593. The summed E-state index contributed by atoms with van der Waals surface area (Å²) in [6.45, 7) is 0. The number of carbonyl (C=O) groups excluding carboxylic acids is 2. The Morgan fingerprint density at radius 2 is 1.56 bits per heavy atom. The lowest BCUT2D eigenvalue weighted by molar-refractivity contribution is -0.581. The molecule has 0 fully saturated rings. The van der Waals surface area contributed by atoms with Crippen molar-refractivity contribution in [2.24, 2.45) is 0 Å². The van der Waals surface area contributed by atoms with Gasteiger partial charge in [0.2, 0.25) is 0 Å². The van der Waals surface area contributed by atoms with Gasteiger partial charge in [-0.25, -0.2) is 5.01 Å². The molecule has 0 bridgehead atoms. The Morgan fingerprint density at radius 1 is 1.00 bits per heavy atom. The molecule has 0 spiro atoms. The van der Waals surface area contributed by atoms with E-state index in [2.05, 4.69) is 0 Å². The van der Waals surface area contributed by atoms with Crippen LogP contribution in [0.1, 0.15) is 11.1 Å². The van der Waals surface area contributed by atoms with Gasteiger partial charge in [0.25, 0.3) is 11.6 Å². The monoisotopic (exact) mass is 357 g/mol. The molecule has 6 nitrogen and oxygen atoms in total. The predicted octanol–water partition coefficient (Wildman–Crippen LogP) is 0.593. The molecule has 2 heterocycles. The Bertz CT molecular complexity index is 858. The van der Waals surface area contributed by atoms with E-state index in [0.717, 1.165) is 16.1 Å². The van der Waals surface area contributed by atoms with Crippen LogP contribution in [0.5, 0.6) is 0 Å². The summed E-state index contributed by atoms with van der Waals surface area (Å²) in [6, 6.07) is 11.2. The molecule has 1 aliphatic rings. The first kappa shape index (κ1) is 17.1. The Hall–Kier alpha value is -2.70. The molecular weight excluding hydrogens is 342 g/mol. The van der Waals surface area contributed by atoms with E-state index in [1.54, 1.807) is 12.4 Å². The number of halogens is 1. The van der Waals surface area contributed by atoms with Gasteiger partial charge < -0.3 is 5.11 Å². The second kappa shape index (κ2) is 6.66. The van der Waals surface area contributed by atoms with E-state index in [0.29, 0.717) is 11.4 Å². The van der Waals surface area contributed by atoms with Gasteiger partial charge in [-0.15, -0.1) is 0 Å². The van der Waals surface area contributed by atoms with Crippen LogP contribution in [-0.4, -0.2) is 35.9 Å². The molecule has 0 atom stereocenters. The van der Waals surface area contributed by atoms with Crippen molar-refractivity contribution in [3.05, 3.63) is 70.7 Å². The summed E-state index contributed by atoms with van der Waals surface area (Å²) in [7, 11) is 3.07. The first-order valence-electron chi connectivity index (χ1n) is 7.61. The molecule has 3 rings (SSSR count). The third kappa shape index (κ3) is 3.26. The number of carbonyl (C=O) groups is 2. The maximum Gasteiger partial charge on any atom is 0.340 e. The van der Waals surface area contributed by atoms with Crippen molar-refractivity contribution in [1.82, 2.24) is 10.0 Å². The van der Waals surface area contributed by atoms with Gasteiger partial charge in [0, 0.05) is 37.0 Å². The highest BCUT2D eigenvalue weighted by Gasteiger charge is 2.41. The molecule has 25 heavy (non-hydrogen) atoms. The number of rotatable bonds is 4. The van der Waals surface area contributed by atoms with Crippen LogP contribution in [-0.2, 0) is 16.0 Å². The van der Waals surface area contributed by atoms with Gasteiger partial charge in [0.1, 0.15) is 0 Å². The van der Waals surface area contributed by atoms with E-state index >= 15 is 0 Å². The zero-order valence-corrected chi connectivity index (χ0v) is 14.5. The van der Waals surface area contributed by atoms with Gasteiger partial charge in [-0.05, 0) is 29.7 Å². The summed E-state index contributed by atoms with van der Waals surface area (Å²) in [5.74, 6) is -2.28. The summed E-state index contributed by atoms with van der Waals surface area (Å²) in [5, 5.41) is 14.9. The van der Waals surface area contributed by atoms with Crippen LogP contribution >= 0.6 is 11.6 Å². The first-order chi connectivity index (χ1) is 11.9. The van der Waals surface area contributed by atoms with Crippen LogP contribution in [0, 0.1) is 0 Å². The molecule has 1 aromatic heterocycles. The second-order valence-corrected chi connectivity index (χ2v) is 6.30. The highest BCUT2D eigenvalue weighted by atomic mass is 35.5. The number of hydrogen-bond acceptors (Lipinski definition) is 4. The normalized spacial score (nSPS) is 14.8. The molecule has 0 saturated carbocycles. The van der Waals surface area contributed by atoms with E-state index in [1.807, 2.05) is 36.4 Å². The van der Waals surface area contributed by atoms with Crippen molar-refractivity contribution >= 4 is 29.1 Å². The van der Waals surface area contributed by atoms with E-state index in [9.17, 15) is 14.7 Å². The molecule has 0 saturated heterocycles. The van der Waals surface area contributed by atoms with Crippen molar-refractivity contribution in [2.75, 3.05) is 14.1 Å². The van der Waals surface area contributed by atoms with Crippen LogP contribution in [0.25, 0.3) is 5.70 Å². The number of benzene rings is 1. The van der Waals surface area contributed by atoms with Crippen molar-refractivity contribution in [2.45, 2.75) is 6.42 Å². The molecule has 2 amide bonds. The van der Waals surface area contributed by atoms with Crippen molar-refractivity contribution in [3.63, 3.8) is 0 Å². The fraction of sp³-hybridized carbons (Fsp3) is 0.167. The molecule has 1 aliphatic heterocycles. The Balaban J connectivity index is 1.84. The summed E-state index contributed by atoms with van der Waals surface area (Å²) < 4.78 is 1.39. The van der Waals surface area contributed by atoms with Gasteiger partial charge in [-0.3, -0.25) is 9.59 Å². The molecule has 7 heteroatoms. The minimum absolute atomic E-state index is 0.170. The Labute approximate surface area is 150 Å². The van der Waals surface area contributed by atoms with E-state index < -0.39 is 17.6 Å². The van der Waals surface area contributed by atoms with Crippen LogP contribution in [0.15, 0.2) is 54.6 Å². The fourth-order valence-corrected chi connectivity index (χ4v) is 2.77. The average Bonchev–Trinajstić information content (AvgIpc) is 2.80. The number of hydrazine groups is 1. The zero-order valence-electron chi connectivity index (χ0n) is 13.8. The van der Waals surface area contributed by atoms with Crippen LogP contribution in [0.4, 0.5) is 0 Å². The Morgan fingerprint density at radius 3 is 2.08 bits per heavy atom. The Kier molecular flexibility index (Phi) is 4.57. The topological polar surface area (TPSA) is 67.6 Å². The molecule has 2 aromatic rings. The van der Waals surface area contributed by atoms with Crippen LogP contribution < -0.4 is 9.67 Å². The smallest absolute Gasteiger partial charge is 0.340 e. The summed E-state index contributed by atoms with van der Waals surface area (Å²) in [6.07, 6.45) is 3.92. The highest BCUT2D eigenvalue weighted by molar-refractivity contribution is 6.30. The highest BCUT2D eigenvalue weighted by Crippen LogP contribution is 2.18. The predicted molar refractivity (Wildman–Crippen MR) is 89.7 cm³/mol. The summed E-state index contributed by atoms with van der Waals surface area (Å²) >= 11 is 5.88. The van der Waals surface area contributed by atoms with Gasteiger partial charge in [-0.2, -0.15) is 9.58 Å². The van der Waals surface area contributed by atoms with Gasteiger partial charge in [0.05, 0.1) is 0 Å². The van der Waals surface area contributed by atoms with E-state index in [1.165, 1.54) is 23.7 Å². The van der Waals surface area contributed by atoms with Crippen molar-refractivity contribution in [3.8, 4) is 0 Å². The zero-order chi connectivity index (χ0) is 18.1. The lowest BCUT2D eigenvalue weighted by Crippen LogP contribution is -2.45. The van der Waals surface area contributed by atoms with E-state index in [-0.39, 0.29) is 5.70 Å². The summed E-state index contributed by atoms with van der Waals surface area (Å²) in [4.78, 5) is 24.3. The fourth-order valence-electron chi connectivity index (χ4n) is 2.64. The summed E-state index contributed by atoms with van der Waals surface area (Å²) in [5.41, 5.74) is 1.93. The number of nitrogens with zero attached hydrogens (tertiary/aromatic N) is 3. The number of amides is 2. The lowest BCUT2D eigenvalue weighted by Gasteiger charge is -2.21. The number of imide groups is 1. The van der Waals surface area contributed by atoms with E-state index in [4.69, 9.17) is 11.6 Å². The van der Waals surface area contributed by atoms with Crippen molar-refractivity contribution in [1.29, 1.82) is 0 Å². The number of hydrogen-bond donors (Lipinski definition) is 0. The van der Waals surface area contributed by atoms with Crippen molar-refractivity contribution < 1.29 is 19.3 Å². The third-order valence-electron chi connectivity index (χ3n) is 3.87. The van der Waals surface area contributed by atoms with Crippen LogP contribution in [0.3, 0.4) is 0 Å². The molecular formula is C18H16ClN3O3. The number of aromatic nitrogens is 1. The first-order valence-corrected chi connectivity index (χ1v) is 7.98. The molecule has 1 aromatic carbocycles. The molecule has 0 N–H and O–H groups in total. The maximum absolute atomic E-state index is 12.3. The largest absolute Gasteiger partial charge is 0.864 e. The second-order valence-electron chi connectivity index (χ2n) is 5.86. The van der Waals surface area contributed by atoms with Crippen LogP contribution in [0.2, 0.25) is 5.02 Å². The maximum atomic E-state index is 12.3. The third-order valence-corrected chi connectivity index (χ3v) is 4.13. The molecule has 0 aliphatic carbocycles. The van der Waals surface area contributed by atoms with Gasteiger partial charge in [-0.1, -0.05) is 23.7 Å². The number of pyridine rings is 1. The minimum Gasteiger partial charge on any atom is -0.864 e. The molecule has 0 unspecified atom stereocenters. The SMILES string of the molecule is CN(C)N1C(=O)C([O-])=C([n+]2ccc(Cc3ccc(Cl)cc3)cc2)C1=O. The molecule has 128 valence electrons.